The normalized spacial score (nSPS) is 0. The van der Waals surface area contributed by atoms with Crippen LogP contribution in [0.25, 0.3) is 0 Å². The first-order chi connectivity index (χ1) is 0. The van der Waals surface area contributed by atoms with Crippen molar-refractivity contribution < 1.29 is 16.4 Å². The molecule has 0 saturated carbocycles. The molecule has 5 heteroatoms. The molecule has 0 aliphatic carbocycles. The SMILES string of the molecule is [Al+3].[OH-].[OH-].[OH-].[Sb+3]. The Morgan fingerprint density at radius 3 is 0.600 bits per heavy atom. The number of hydrogen-bond acceptors (Lipinski definition) is 3. The van der Waals surface area contributed by atoms with Gasteiger partial charge in [-0.2, -0.15) is 0 Å². The van der Waals surface area contributed by atoms with Crippen LogP contribution in [0.4, 0.5) is 0 Å². The monoisotopic (exact) mass is 199 g/mol. The van der Waals surface area contributed by atoms with E-state index in [1.165, 1.54) is 0 Å². The van der Waals surface area contributed by atoms with Gasteiger partial charge in [0.2, 0.25) is 0 Å². The Morgan fingerprint density at radius 2 is 0.600 bits per heavy atom. The second-order valence-electron chi connectivity index (χ2n) is 0. The maximum atomic E-state index is 0. The van der Waals surface area contributed by atoms with Gasteiger partial charge in [0.25, 0.3) is 0 Å². The summed E-state index contributed by atoms with van der Waals surface area (Å²) in [6.07, 6.45) is 0. The van der Waals surface area contributed by atoms with Crippen molar-refractivity contribution >= 4 is 41.8 Å². The van der Waals surface area contributed by atoms with E-state index in [1.807, 2.05) is 0 Å². The van der Waals surface area contributed by atoms with E-state index in [9.17, 15) is 0 Å². The first kappa shape index (κ1) is 113. The zero-order valence-corrected chi connectivity index (χ0v) is 6.07. The topological polar surface area (TPSA) is 90.0 Å². The van der Waals surface area contributed by atoms with Crippen LogP contribution in [0.5, 0.6) is 0 Å². The van der Waals surface area contributed by atoms with Crippen molar-refractivity contribution in [2.75, 3.05) is 0 Å². The van der Waals surface area contributed by atoms with Crippen LogP contribution in [-0.2, 0) is 0 Å². The minimum atomic E-state index is 0. The van der Waals surface area contributed by atoms with Crippen LogP contribution in [0.1, 0.15) is 0 Å². The summed E-state index contributed by atoms with van der Waals surface area (Å²) >= 11 is 0. The number of rotatable bonds is 0. The largest absolute Gasteiger partial charge is 3.00 e. The molecular weight excluding hydrogens is 197 g/mol. The van der Waals surface area contributed by atoms with Crippen molar-refractivity contribution in [3.05, 3.63) is 0 Å². The maximum absolute atomic E-state index is 0. The van der Waals surface area contributed by atoms with E-state index in [4.69, 9.17) is 0 Å². The van der Waals surface area contributed by atoms with Gasteiger partial charge in [-0.15, -0.1) is 0 Å². The molecule has 2 radical (unpaired) electrons. The molecule has 0 bridgehead atoms. The van der Waals surface area contributed by atoms with Gasteiger partial charge in [-0.3, -0.25) is 0 Å². The summed E-state index contributed by atoms with van der Waals surface area (Å²) in [6, 6.07) is 0. The third-order valence-electron chi connectivity index (χ3n) is 0. The molecule has 0 aromatic rings. The van der Waals surface area contributed by atoms with Crippen LogP contribution in [0.15, 0.2) is 0 Å². The van der Waals surface area contributed by atoms with Gasteiger partial charge < -0.3 is 16.4 Å². The van der Waals surface area contributed by atoms with Gasteiger partial charge >= 0.3 is 41.8 Å². The van der Waals surface area contributed by atoms with Gasteiger partial charge in [-0.25, -0.2) is 0 Å². The van der Waals surface area contributed by atoms with Gasteiger partial charge in [0, 0.05) is 0 Å². The third kappa shape index (κ3) is 36.0. The fourth-order valence-electron chi connectivity index (χ4n) is 0. The molecule has 0 fully saturated rings. The summed E-state index contributed by atoms with van der Waals surface area (Å²) in [5.74, 6) is 0. The summed E-state index contributed by atoms with van der Waals surface area (Å²) in [4.78, 5) is 0. The summed E-state index contributed by atoms with van der Waals surface area (Å²) in [7, 11) is 0. The van der Waals surface area contributed by atoms with Gasteiger partial charge in [-0.05, 0) is 0 Å². The van der Waals surface area contributed by atoms with Crippen molar-refractivity contribution in [1.82, 2.24) is 0 Å². The van der Waals surface area contributed by atoms with Gasteiger partial charge in [0.05, 0.1) is 0 Å². The quantitative estimate of drug-likeness (QED) is 0.455. The Kier molecular flexibility index (Phi) is 1390. The van der Waals surface area contributed by atoms with E-state index in [0.717, 1.165) is 0 Å². The second kappa shape index (κ2) is 61.8. The van der Waals surface area contributed by atoms with Crippen LogP contribution in [0.3, 0.4) is 0 Å². The van der Waals surface area contributed by atoms with Gasteiger partial charge in [0.1, 0.15) is 0 Å². The van der Waals surface area contributed by atoms with Crippen molar-refractivity contribution in [3.8, 4) is 0 Å². The summed E-state index contributed by atoms with van der Waals surface area (Å²) in [5.41, 5.74) is 0. The van der Waals surface area contributed by atoms with E-state index in [0.29, 0.717) is 0 Å². The molecule has 0 amide bonds. The molecule has 0 aromatic heterocycles. The van der Waals surface area contributed by atoms with Crippen LogP contribution in [0.2, 0.25) is 0 Å². The predicted octanol–water partition coefficient (Wildman–Crippen LogP) is -1.29. The molecule has 0 atom stereocenters. The van der Waals surface area contributed by atoms with E-state index in [2.05, 4.69) is 0 Å². The molecule has 3 nitrogen and oxygen atoms in total. The average molecular weight is 200 g/mol. The Bertz CT molecular complexity index is 6.85. The summed E-state index contributed by atoms with van der Waals surface area (Å²) < 4.78 is 0. The fraction of sp³-hybridized carbons (Fsp3) is 0. The first-order valence-corrected chi connectivity index (χ1v) is 0. The van der Waals surface area contributed by atoms with Crippen molar-refractivity contribution in [2.45, 2.75) is 0 Å². The average Bonchev–Trinajstić information content (AvgIpc) is 0. The smallest absolute Gasteiger partial charge is 0.870 e. The molecule has 0 unspecified atom stereocenters. The van der Waals surface area contributed by atoms with Crippen molar-refractivity contribution in [1.29, 1.82) is 0 Å². The van der Waals surface area contributed by atoms with Crippen molar-refractivity contribution in [2.24, 2.45) is 0 Å². The molecule has 3 N–H and O–H groups in total. The third-order valence-corrected chi connectivity index (χ3v) is 0. The zero-order valence-electron chi connectivity index (χ0n) is 2.37. The first-order valence-electron chi connectivity index (χ1n) is 0. The number of hydrogen-bond donors (Lipinski definition) is 0. The van der Waals surface area contributed by atoms with E-state index < -0.39 is 0 Å². The molecule has 0 aliphatic heterocycles. The molecular formula is H3AlO3Sb+3. The zero-order chi connectivity index (χ0) is 0. The molecule has 0 heterocycles. The molecule has 0 spiro atoms. The molecule has 0 rings (SSSR count). The van der Waals surface area contributed by atoms with Gasteiger partial charge in [-0.1, -0.05) is 0 Å². The minimum absolute atomic E-state index is 0. The van der Waals surface area contributed by atoms with E-state index in [-0.39, 0.29) is 58.2 Å². The Morgan fingerprint density at radius 1 is 0.600 bits per heavy atom. The van der Waals surface area contributed by atoms with E-state index in [1.54, 1.807) is 0 Å². The van der Waals surface area contributed by atoms with Crippen LogP contribution in [0, 0.1) is 0 Å². The van der Waals surface area contributed by atoms with Crippen LogP contribution >= 0.6 is 0 Å². The minimum Gasteiger partial charge on any atom is -0.870 e. The summed E-state index contributed by atoms with van der Waals surface area (Å²) in [5, 5.41) is 0. The van der Waals surface area contributed by atoms with Crippen molar-refractivity contribution in [3.63, 3.8) is 0 Å². The van der Waals surface area contributed by atoms with Crippen LogP contribution < -0.4 is 0 Å². The van der Waals surface area contributed by atoms with E-state index >= 15 is 0 Å². The standard InChI is InChI=1S/Al.3H2O.Sb/h;3*1H2;/q+3;;;;+3/p-3. The Labute approximate surface area is 58.3 Å². The van der Waals surface area contributed by atoms with Crippen LogP contribution in [-0.4, -0.2) is 58.2 Å². The maximum Gasteiger partial charge on any atom is 3.00 e. The molecule has 26 valence electrons. The molecule has 0 aliphatic rings. The Hall–Kier alpha value is 1.23. The Balaban J connectivity index is 0. The second-order valence-corrected chi connectivity index (χ2v) is 0. The van der Waals surface area contributed by atoms with Gasteiger partial charge in [0.15, 0.2) is 0 Å². The fourth-order valence-corrected chi connectivity index (χ4v) is 0. The molecule has 5 heavy (non-hydrogen) atoms. The summed E-state index contributed by atoms with van der Waals surface area (Å²) in [6.45, 7) is 0. The molecule has 0 aromatic carbocycles. The molecule has 0 saturated heterocycles. The predicted molar refractivity (Wildman–Crippen MR) is 17.3 cm³/mol.